The highest BCUT2D eigenvalue weighted by Crippen LogP contribution is 2.05. The van der Waals surface area contributed by atoms with Crippen LogP contribution in [-0.4, -0.2) is 30.4 Å². The summed E-state index contributed by atoms with van der Waals surface area (Å²) in [5.41, 5.74) is 7.07. The fourth-order valence-corrected chi connectivity index (χ4v) is 1.95. The maximum absolute atomic E-state index is 12.0. The van der Waals surface area contributed by atoms with Crippen molar-refractivity contribution >= 4 is 5.91 Å². The molecule has 0 unspecified atom stereocenters. The minimum atomic E-state index is -0.431. The van der Waals surface area contributed by atoms with Crippen LogP contribution in [0.1, 0.15) is 31.7 Å². The maximum Gasteiger partial charge on any atom is 0.239 e. The zero-order chi connectivity index (χ0) is 13.4. The first-order valence-corrected chi connectivity index (χ1v) is 6.69. The van der Waals surface area contributed by atoms with E-state index in [0.717, 1.165) is 31.4 Å². The Morgan fingerprint density at radius 2 is 1.94 bits per heavy atom. The lowest BCUT2D eigenvalue weighted by Gasteiger charge is -2.21. The molecule has 0 saturated heterocycles. The molecule has 0 fully saturated rings. The summed E-state index contributed by atoms with van der Waals surface area (Å²) < 4.78 is 0. The van der Waals surface area contributed by atoms with Crippen molar-refractivity contribution in [1.82, 2.24) is 4.90 Å². The molecular formula is C15H24N2O. The van der Waals surface area contributed by atoms with Gasteiger partial charge in [0.1, 0.15) is 0 Å². The lowest BCUT2D eigenvalue weighted by Crippen LogP contribution is -2.43. The van der Waals surface area contributed by atoms with Gasteiger partial charge in [-0.2, -0.15) is 0 Å². The Kier molecular flexibility index (Phi) is 6.44. The maximum atomic E-state index is 12.0. The summed E-state index contributed by atoms with van der Waals surface area (Å²) in [6.45, 7) is 2.96. The average molecular weight is 248 g/mol. The largest absolute Gasteiger partial charge is 0.344 e. The predicted molar refractivity (Wildman–Crippen MR) is 75.3 cm³/mol. The highest BCUT2D eigenvalue weighted by atomic mass is 16.2. The first-order chi connectivity index (χ1) is 8.65. The summed E-state index contributed by atoms with van der Waals surface area (Å²) in [6, 6.07) is 9.48. The topological polar surface area (TPSA) is 46.3 Å². The highest BCUT2D eigenvalue weighted by Gasteiger charge is 2.17. The Labute approximate surface area is 110 Å². The summed E-state index contributed by atoms with van der Waals surface area (Å²) in [5, 5.41) is 0. The van der Waals surface area contributed by atoms with E-state index in [-0.39, 0.29) is 5.91 Å². The molecule has 0 aromatic heterocycles. The first kappa shape index (κ1) is 14.7. The van der Waals surface area contributed by atoms with E-state index in [0.29, 0.717) is 6.42 Å². The molecule has 18 heavy (non-hydrogen) atoms. The second kappa shape index (κ2) is 7.88. The van der Waals surface area contributed by atoms with Crippen LogP contribution < -0.4 is 5.73 Å². The number of likely N-dealkylation sites (N-methyl/N-ethyl adjacent to an activating group) is 1. The average Bonchev–Trinajstić information content (AvgIpc) is 2.39. The number of hydrogen-bond donors (Lipinski definition) is 1. The number of hydrogen-bond acceptors (Lipinski definition) is 2. The van der Waals surface area contributed by atoms with E-state index in [9.17, 15) is 4.79 Å². The van der Waals surface area contributed by atoms with Gasteiger partial charge in [0.05, 0.1) is 6.04 Å². The SMILES string of the molecule is CCCCCN(C)C(=O)[C@@H](N)Cc1ccccc1. The Hall–Kier alpha value is -1.35. The van der Waals surface area contributed by atoms with Crippen LogP contribution in [0.15, 0.2) is 30.3 Å². The quantitative estimate of drug-likeness (QED) is 0.752. The summed E-state index contributed by atoms with van der Waals surface area (Å²) in [7, 11) is 1.84. The third-order valence-corrected chi connectivity index (χ3v) is 3.09. The lowest BCUT2D eigenvalue weighted by atomic mass is 10.1. The van der Waals surface area contributed by atoms with Gasteiger partial charge in [-0.05, 0) is 18.4 Å². The molecule has 3 nitrogen and oxygen atoms in total. The van der Waals surface area contributed by atoms with Crippen molar-refractivity contribution in [2.45, 2.75) is 38.6 Å². The molecule has 1 aromatic rings. The fourth-order valence-electron chi connectivity index (χ4n) is 1.95. The third-order valence-electron chi connectivity index (χ3n) is 3.09. The molecule has 2 N–H and O–H groups in total. The monoisotopic (exact) mass is 248 g/mol. The van der Waals surface area contributed by atoms with Gasteiger partial charge in [0, 0.05) is 13.6 Å². The molecular weight excluding hydrogens is 224 g/mol. The molecule has 0 aliphatic rings. The number of nitrogens with zero attached hydrogens (tertiary/aromatic N) is 1. The van der Waals surface area contributed by atoms with Crippen LogP contribution in [0.25, 0.3) is 0 Å². The van der Waals surface area contributed by atoms with Crippen molar-refractivity contribution in [3.63, 3.8) is 0 Å². The molecule has 0 spiro atoms. The van der Waals surface area contributed by atoms with Gasteiger partial charge in [-0.1, -0.05) is 50.1 Å². The van der Waals surface area contributed by atoms with Gasteiger partial charge in [0.15, 0.2) is 0 Å². The fraction of sp³-hybridized carbons (Fsp3) is 0.533. The molecule has 1 rings (SSSR count). The number of amides is 1. The third kappa shape index (κ3) is 4.88. The van der Waals surface area contributed by atoms with Crippen molar-refractivity contribution in [1.29, 1.82) is 0 Å². The van der Waals surface area contributed by atoms with Crippen molar-refractivity contribution in [2.75, 3.05) is 13.6 Å². The normalized spacial score (nSPS) is 12.2. The smallest absolute Gasteiger partial charge is 0.239 e. The van der Waals surface area contributed by atoms with Crippen molar-refractivity contribution in [3.05, 3.63) is 35.9 Å². The number of nitrogens with two attached hydrogens (primary N) is 1. The second-order valence-electron chi connectivity index (χ2n) is 4.76. The molecule has 0 aliphatic carbocycles. The van der Waals surface area contributed by atoms with E-state index in [4.69, 9.17) is 5.73 Å². The Morgan fingerprint density at radius 3 is 2.56 bits per heavy atom. The Balaban J connectivity index is 2.41. The van der Waals surface area contributed by atoms with Crippen LogP contribution in [0.2, 0.25) is 0 Å². The van der Waals surface area contributed by atoms with E-state index in [2.05, 4.69) is 6.92 Å². The molecule has 100 valence electrons. The van der Waals surface area contributed by atoms with E-state index in [1.54, 1.807) is 4.90 Å². The van der Waals surface area contributed by atoms with Crippen LogP contribution in [0.5, 0.6) is 0 Å². The molecule has 1 atom stereocenters. The lowest BCUT2D eigenvalue weighted by molar-refractivity contribution is -0.131. The molecule has 0 bridgehead atoms. The van der Waals surface area contributed by atoms with Gasteiger partial charge in [-0.3, -0.25) is 4.79 Å². The number of carbonyl (C=O) groups excluding carboxylic acids is 1. The van der Waals surface area contributed by atoms with Gasteiger partial charge in [0.2, 0.25) is 5.91 Å². The van der Waals surface area contributed by atoms with Crippen molar-refractivity contribution in [2.24, 2.45) is 5.73 Å². The van der Waals surface area contributed by atoms with Crippen LogP contribution in [0, 0.1) is 0 Å². The number of benzene rings is 1. The summed E-state index contributed by atoms with van der Waals surface area (Å²) in [6.07, 6.45) is 3.98. The molecule has 0 saturated carbocycles. The Bertz CT molecular complexity index is 351. The van der Waals surface area contributed by atoms with E-state index < -0.39 is 6.04 Å². The number of unbranched alkanes of at least 4 members (excludes halogenated alkanes) is 2. The standard InChI is InChI=1S/C15H24N2O/c1-3-4-8-11-17(2)15(18)14(16)12-13-9-6-5-7-10-13/h5-7,9-10,14H,3-4,8,11-12,16H2,1-2H3/t14-/m0/s1. The van der Waals surface area contributed by atoms with Crippen LogP contribution in [-0.2, 0) is 11.2 Å². The van der Waals surface area contributed by atoms with Gasteiger partial charge in [-0.25, -0.2) is 0 Å². The minimum Gasteiger partial charge on any atom is -0.344 e. The molecule has 1 amide bonds. The number of rotatable bonds is 7. The summed E-state index contributed by atoms with van der Waals surface area (Å²) in [4.78, 5) is 13.8. The molecule has 3 heteroatoms. The van der Waals surface area contributed by atoms with Crippen molar-refractivity contribution < 1.29 is 4.79 Å². The van der Waals surface area contributed by atoms with E-state index >= 15 is 0 Å². The predicted octanol–water partition coefficient (Wildman–Crippen LogP) is 2.21. The van der Waals surface area contributed by atoms with Crippen LogP contribution >= 0.6 is 0 Å². The van der Waals surface area contributed by atoms with Gasteiger partial charge >= 0.3 is 0 Å². The molecule has 0 radical (unpaired) electrons. The second-order valence-corrected chi connectivity index (χ2v) is 4.76. The van der Waals surface area contributed by atoms with Gasteiger partial charge < -0.3 is 10.6 Å². The first-order valence-electron chi connectivity index (χ1n) is 6.69. The highest BCUT2D eigenvalue weighted by molar-refractivity contribution is 5.81. The van der Waals surface area contributed by atoms with Gasteiger partial charge in [0.25, 0.3) is 0 Å². The van der Waals surface area contributed by atoms with Crippen LogP contribution in [0.4, 0.5) is 0 Å². The summed E-state index contributed by atoms with van der Waals surface area (Å²) in [5.74, 6) is 0.0370. The molecule has 0 aliphatic heterocycles. The number of carbonyl (C=O) groups is 1. The summed E-state index contributed by atoms with van der Waals surface area (Å²) >= 11 is 0. The molecule has 0 heterocycles. The zero-order valence-electron chi connectivity index (χ0n) is 11.4. The van der Waals surface area contributed by atoms with E-state index in [1.165, 1.54) is 0 Å². The zero-order valence-corrected chi connectivity index (χ0v) is 11.4. The Morgan fingerprint density at radius 1 is 1.28 bits per heavy atom. The van der Waals surface area contributed by atoms with Crippen molar-refractivity contribution in [3.8, 4) is 0 Å². The van der Waals surface area contributed by atoms with Crippen LogP contribution in [0.3, 0.4) is 0 Å². The minimum absolute atomic E-state index is 0.0370. The molecule has 1 aromatic carbocycles. The van der Waals surface area contributed by atoms with E-state index in [1.807, 2.05) is 37.4 Å². The van der Waals surface area contributed by atoms with Gasteiger partial charge in [-0.15, -0.1) is 0 Å².